The number of hydrogen-bond acceptors (Lipinski definition) is 3. The fourth-order valence-electron chi connectivity index (χ4n) is 3.16. The third kappa shape index (κ3) is 2.74. The standard InChI is InChI=1S/C18H20N2O2/c1-14-7-8-15(11-19-14)12-20-10-9-18(13-20,17(21)22)16-5-3-2-4-6-16/h2-8,11H,9-10,12-13H2,1H3,(H,21,22). The number of rotatable bonds is 4. The van der Waals surface area contributed by atoms with Crippen LogP contribution in [0.4, 0.5) is 0 Å². The second-order valence-corrected chi connectivity index (χ2v) is 6.02. The summed E-state index contributed by atoms with van der Waals surface area (Å²) in [6.07, 6.45) is 2.52. The summed E-state index contributed by atoms with van der Waals surface area (Å²) in [7, 11) is 0. The molecule has 0 amide bonds. The lowest BCUT2D eigenvalue weighted by molar-refractivity contribution is -0.143. The lowest BCUT2D eigenvalue weighted by atomic mass is 9.80. The quantitative estimate of drug-likeness (QED) is 0.942. The summed E-state index contributed by atoms with van der Waals surface area (Å²) in [5.41, 5.74) is 2.22. The summed E-state index contributed by atoms with van der Waals surface area (Å²) in [6.45, 7) is 4.04. The van der Waals surface area contributed by atoms with E-state index in [9.17, 15) is 9.90 Å². The molecule has 2 aromatic rings. The van der Waals surface area contributed by atoms with Gasteiger partial charge in [0.05, 0.1) is 0 Å². The minimum atomic E-state index is -0.792. The Morgan fingerprint density at radius 1 is 1.27 bits per heavy atom. The van der Waals surface area contributed by atoms with E-state index in [4.69, 9.17) is 0 Å². The smallest absolute Gasteiger partial charge is 0.315 e. The molecule has 4 nitrogen and oxygen atoms in total. The van der Waals surface area contributed by atoms with Crippen LogP contribution in [0.3, 0.4) is 0 Å². The van der Waals surface area contributed by atoms with Gasteiger partial charge in [-0.05, 0) is 30.5 Å². The van der Waals surface area contributed by atoms with Gasteiger partial charge < -0.3 is 5.11 Å². The average Bonchev–Trinajstić information content (AvgIpc) is 2.96. The molecule has 3 rings (SSSR count). The van der Waals surface area contributed by atoms with E-state index in [1.54, 1.807) is 0 Å². The van der Waals surface area contributed by atoms with E-state index in [1.807, 2.05) is 49.5 Å². The van der Waals surface area contributed by atoms with Crippen molar-refractivity contribution in [3.63, 3.8) is 0 Å². The van der Waals surface area contributed by atoms with Crippen LogP contribution in [-0.4, -0.2) is 34.0 Å². The Balaban J connectivity index is 1.79. The Hall–Kier alpha value is -2.20. The molecule has 22 heavy (non-hydrogen) atoms. The number of carbonyl (C=O) groups is 1. The molecule has 114 valence electrons. The molecule has 2 heterocycles. The lowest BCUT2D eigenvalue weighted by Crippen LogP contribution is -2.38. The molecule has 4 heteroatoms. The molecule has 0 aliphatic carbocycles. The topological polar surface area (TPSA) is 53.4 Å². The fourth-order valence-corrected chi connectivity index (χ4v) is 3.16. The zero-order valence-corrected chi connectivity index (χ0v) is 12.7. The van der Waals surface area contributed by atoms with Crippen molar-refractivity contribution < 1.29 is 9.90 Å². The molecular formula is C18H20N2O2. The molecule has 0 bridgehead atoms. The maximum atomic E-state index is 11.9. The fraction of sp³-hybridized carbons (Fsp3) is 0.333. The number of nitrogens with zero attached hydrogens (tertiary/aromatic N) is 2. The molecule has 0 saturated carbocycles. The van der Waals surface area contributed by atoms with Crippen LogP contribution < -0.4 is 0 Å². The van der Waals surface area contributed by atoms with E-state index in [0.717, 1.165) is 29.9 Å². The second-order valence-electron chi connectivity index (χ2n) is 6.02. The number of carboxylic acid groups (broad SMARTS) is 1. The van der Waals surface area contributed by atoms with Gasteiger partial charge in [-0.25, -0.2) is 0 Å². The minimum absolute atomic E-state index is 0.542. The number of aryl methyl sites for hydroxylation is 1. The van der Waals surface area contributed by atoms with Crippen LogP contribution >= 0.6 is 0 Å². The third-order valence-corrected chi connectivity index (χ3v) is 4.46. The van der Waals surface area contributed by atoms with Crippen molar-refractivity contribution in [2.45, 2.75) is 25.3 Å². The van der Waals surface area contributed by atoms with Gasteiger partial charge in [-0.2, -0.15) is 0 Å². The first-order valence-electron chi connectivity index (χ1n) is 7.53. The highest BCUT2D eigenvalue weighted by atomic mass is 16.4. The Labute approximate surface area is 130 Å². The van der Waals surface area contributed by atoms with Gasteiger partial charge in [0.1, 0.15) is 5.41 Å². The molecule has 1 unspecified atom stereocenters. The highest BCUT2D eigenvalue weighted by Gasteiger charge is 2.46. The number of pyridine rings is 1. The number of aromatic nitrogens is 1. The zero-order chi connectivity index (χ0) is 15.6. The monoisotopic (exact) mass is 296 g/mol. The highest BCUT2D eigenvalue weighted by Crippen LogP contribution is 2.35. The lowest BCUT2D eigenvalue weighted by Gasteiger charge is -2.25. The highest BCUT2D eigenvalue weighted by molar-refractivity contribution is 5.82. The SMILES string of the molecule is Cc1ccc(CN2CCC(C(=O)O)(c3ccccc3)C2)cn1. The van der Waals surface area contributed by atoms with Crippen LogP contribution in [-0.2, 0) is 16.8 Å². The summed E-state index contributed by atoms with van der Waals surface area (Å²) in [5.74, 6) is -0.733. The van der Waals surface area contributed by atoms with Gasteiger partial charge in [-0.3, -0.25) is 14.7 Å². The Kier molecular flexibility index (Phi) is 3.94. The van der Waals surface area contributed by atoms with Crippen LogP contribution in [0.25, 0.3) is 0 Å². The molecule has 1 aliphatic rings. The summed E-state index contributed by atoms with van der Waals surface area (Å²) < 4.78 is 0. The van der Waals surface area contributed by atoms with Crippen molar-refractivity contribution in [1.29, 1.82) is 0 Å². The number of aliphatic carboxylic acids is 1. The molecule has 1 aliphatic heterocycles. The van der Waals surface area contributed by atoms with Gasteiger partial charge in [0.15, 0.2) is 0 Å². The number of benzene rings is 1. The molecule has 1 aromatic carbocycles. The summed E-state index contributed by atoms with van der Waals surface area (Å²) >= 11 is 0. The molecule has 1 N–H and O–H groups in total. The van der Waals surface area contributed by atoms with E-state index in [0.29, 0.717) is 13.0 Å². The molecule has 0 radical (unpaired) electrons. The largest absolute Gasteiger partial charge is 0.481 e. The first kappa shape index (κ1) is 14.7. The minimum Gasteiger partial charge on any atom is -0.481 e. The van der Waals surface area contributed by atoms with Gasteiger partial charge in [0.2, 0.25) is 0 Å². The average molecular weight is 296 g/mol. The van der Waals surface area contributed by atoms with Crippen LogP contribution in [0, 0.1) is 6.92 Å². The number of hydrogen-bond donors (Lipinski definition) is 1. The summed E-state index contributed by atoms with van der Waals surface area (Å²) in [6, 6.07) is 13.6. The van der Waals surface area contributed by atoms with E-state index < -0.39 is 11.4 Å². The molecule has 1 atom stereocenters. The van der Waals surface area contributed by atoms with Gasteiger partial charge in [-0.15, -0.1) is 0 Å². The summed E-state index contributed by atoms with van der Waals surface area (Å²) in [4.78, 5) is 18.4. The first-order chi connectivity index (χ1) is 10.6. The van der Waals surface area contributed by atoms with Crippen molar-refractivity contribution in [3.05, 3.63) is 65.5 Å². The summed E-state index contributed by atoms with van der Waals surface area (Å²) in [5, 5.41) is 9.80. The molecular weight excluding hydrogens is 276 g/mol. The van der Waals surface area contributed by atoms with Crippen LogP contribution in [0.2, 0.25) is 0 Å². The van der Waals surface area contributed by atoms with Gasteiger partial charge >= 0.3 is 5.97 Å². The normalized spacial score (nSPS) is 21.9. The van der Waals surface area contributed by atoms with E-state index >= 15 is 0 Å². The van der Waals surface area contributed by atoms with Crippen molar-refractivity contribution in [3.8, 4) is 0 Å². The Morgan fingerprint density at radius 3 is 2.68 bits per heavy atom. The Bertz CT molecular complexity index is 655. The first-order valence-corrected chi connectivity index (χ1v) is 7.53. The van der Waals surface area contributed by atoms with E-state index in [-0.39, 0.29) is 0 Å². The van der Waals surface area contributed by atoms with E-state index in [2.05, 4.69) is 16.0 Å². The number of likely N-dealkylation sites (tertiary alicyclic amines) is 1. The predicted molar refractivity (Wildman–Crippen MR) is 84.6 cm³/mol. The van der Waals surface area contributed by atoms with Crippen LogP contribution in [0.1, 0.15) is 23.2 Å². The van der Waals surface area contributed by atoms with Crippen LogP contribution in [0.15, 0.2) is 48.7 Å². The maximum absolute atomic E-state index is 11.9. The maximum Gasteiger partial charge on any atom is 0.315 e. The Morgan fingerprint density at radius 2 is 2.05 bits per heavy atom. The van der Waals surface area contributed by atoms with Crippen LogP contribution in [0.5, 0.6) is 0 Å². The molecule has 1 saturated heterocycles. The van der Waals surface area contributed by atoms with Gasteiger partial charge in [-0.1, -0.05) is 36.4 Å². The zero-order valence-electron chi connectivity index (χ0n) is 12.7. The molecule has 1 fully saturated rings. The second kappa shape index (κ2) is 5.89. The van der Waals surface area contributed by atoms with E-state index in [1.165, 1.54) is 0 Å². The molecule has 0 spiro atoms. The van der Waals surface area contributed by atoms with Crippen molar-refractivity contribution >= 4 is 5.97 Å². The number of carboxylic acids is 1. The molecule has 1 aromatic heterocycles. The predicted octanol–water partition coefficient (Wildman–Crippen LogP) is 2.62. The van der Waals surface area contributed by atoms with Crippen molar-refractivity contribution in [1.82, 2.24) is 9.88 Å². The van der Waals surface area contributed by atoms with Crippen molar-refractivity contribution in [2.75, 3.05) is 13.1 Å². The van der Waals surface area contributed by atoms with Crippen molar-refractivity contribution in [2.24, 2.45) is 0 Å². The van der Waals surface area contributed by atoms with Gasteiger partial charge in [0, 0.05) is 31.5 Å². The third-order valence-electron chi connectivity index (χ3n) is 4.46. The van der Waals surface area contributed by atoms with Gasteiger partial charge in [0.25, 0.3) is 0 Å².